The van der Waals surface area contributed by atoms with E-state index in [-0.39, 0.29) is 35.1 Å². The van der Waals surface area contributed by atoms with Crippen LogP contribution in [0.1, 0.15) is 28.0 Å². The van der Waals surface area contributed by atoms with E-state index in [1.54, 1.807) is 18.9 Å². The average molecular weight is 429 g/mol. The lowest BCUT2D eigenvalue weighted by Crippen LogP contribution is -2.30. The summed E-state index contributed by atoms with van der Waals surface area (Å²) < 4.78 is 53.9. The molecule has 3 aromatic heterocycles. The molecule has 0 saturated carbocycles. The fourth-order valence-corrected chi connectivity index (χ4v) is 3.68. The van der Waals surface area contributed by atoms with Crippen LogP contribution in [0, 0.1) is 5.82 Å². The Morgan fingerprint density at radius 3 is 2.66 bits per heavy atom. The van der Waals surface area contributed by atoms with Gasteiger partial charge in [-0.3, -0.25) is 9.59 Å². The van der Waals surface area contributed by atoms with Crippen LogP contribution >= 0.6 is 11.3 Å². The zero-order valence-corrected chi connectivity index (χ0v) is 16.1. The normalized spacial score (nSPS) is 11.7. The summed E-state index contributed by atoms with van der Waals surface area (Å²) in [5.74, 6) is -1.13. The highest BCUT2D eigenvalue weighted by molar-refractivity contribution is 7.17. The molecule has 12 heteroatoms. The van der Waals surface area contributed by atoms with E-state index in [1.165, 1.54) is 12.1 Å². The van der Waals surface area contributed by atoms with E-state index in [1.807, 2.05) is 0 Å². The number of amides is 1. The van der Waals surface area contributed by atoms with E-state index in [0.717, 1.165) is 12.3 Å². The van der Waals surface area contributed by atoms with Crippen molar-refractivity contribution in [1.29, 1.82) is 0 Å². The number of halogens is 4. The maximum absolute atomic E-state index is 13.4. The Morgan fingerprint density at radius 1 is 1.34 bits per heavy atom. The van der Waals surface area contributed by atoms with Crippen LogP contribution in [0.3, 0.4) is 0 Å². The summed E-state index contributed by atoms with van der Waals surface area (Å²) in [5.41, 5.74) is -1.41. The molecular weight excluding hydrogens is 414 g/mol. The fourth-order valence-electron chi connectivity index (χ4n) is 2.66. The van der Waals surface area contributed by atoms with Gasteiger partial charge in [0.05, 0.1) is 18.4 Å². The van der Waals surface area contributed by atoms with Crippen LogP contribution in [-0.2, 0) is 12.7 Å². The van der Waals surface area contributed by atoms with Gasteiger partial charge in [-0.1, -0.05) is 11.3 Å². The smallest absolute Gasteiger partial charge is 0.354 e. The van der Waals surface area contributed by atoms with Crippen molar-refractivity contribution >= 4 is 28.0 Å². The van der Waals surface area contributed by atoms with Crippen LogP contribution in [0.25, 0.3) is 4.96 Å². The lowest BCUT2D eigenvalue weighted by molar-refractivity contribution is -0.134. The van der Waals surface area contributed by atoms with Gasteiger partial charge >= 0.3 is 6.18 Å². The molecule has 0 aliphatic carbocycles. The number of pyridine rings is 1. The van der Waals surface area contributed by atoms with Crippen molar-refractivity contribution in [1.82, 2.24) is 19.7 Å². The van der Waals surface area contributed by atoms with Gasteiger partial charge in [0.2, 0.25) is 0 Å². The first-order valence-electron chi connectivity index (χ1n) is 8.35. The van der Waals surface area contributed by atoms with Crippen LogP contribution in [0.4, 0.5) is 23.4 Å². The van der Waals surface area contributed by atoms with Crippen LogP contribution in [0.2, 0.25) is 0 Å². The second-order valence-electron chi connectivity index (χ2n) is 6.03. The van der Waals surface area contributed by atoms with E-state index >= 15 is 0 Å². The van der Waals surface area contributed by atoms with Crippen LogP contribution in [0.15, 0.2) is 29.2 Å². The summed E-state index contributed by atoms with van der Waals surface area (Å²) >= 11 is 0.221. The first-order valence-corrected chi connectivity index (χ1v) is 9.17. The van der Waals surface area contributed by atoms with E-state index < -0.39 is 34.0 Å². The standard InChI is InChI=1S/C17H15F4N5O2S/c1-3-22-15(28)13-14(17(19,20)21)29-16-24-10(6-12(27)26(13)16)8-25(2)11-5-4-9(18)7-23-11/h4-7H,3,8H2,1-2H3,(H,22,28). The summed E-state index contributed by atoms with van der Waals surface area (Å²) in [5, 5.41) is 2.29. The molecule has 0 aliphatic rings. The van der Waals surface area contributed by atoms with Gasteiger partial charge in [0.15, 0.2) is 4.96 Å². The second kappa shape index (κ2) is 7.78. The maximum atomic E-state index is 13.4. The Morgan fingerprint density at radius 2 is 2.07 bits per heavy atom. The SMILES string of the molecule is CCNC(=O)c1c(C(F)(F)F)sc2nc(CN(C)c3ccc(F)cn3)cc(=O)n12. The highest BCUT2D eigenvalue weighted by Gasteiger charge is 2.40. The van der Waals surface area contributed by atoms with Crippen molar-refractivity contribution in [3.8, 4) is 0 Å². The Labute approximate surface area is 165 Å². The molecule has 3 aromatic rings. The Hall–Kier alpha value is -3.02. The number of hydrogen-bond donors (Lipinski definition) is 1. The number of thiazole rings is 1. The summed E-state index contributed by atoms with van der Waals surface area (Å²) in [7, 11) is 1.61. The average Bonchev–Trinajstić information content (AvgIpc) is 3.03. The van der Waals surface area contributed by atoms with E-state index in [0.29, 0.717) is 10.2 Å². The zero-order valence-electron chi connectivity index (χ0n) is 15.2. The fraction of sp³-hybridized carbons (Fsp3) is 0.294. The minimum Gasteiger partial charge on any atom is -0.354 e. The number of nitrogens with one attached hydrogen (secondary N) is 1. The van der Waals surface area contributed by atoms with Gasteiger partial charge in [-0.2, -0.15) is 13.2 Å². The number of aromatic nitrogens is 3. The molecule has 0 saturated heterocycles. The molecule has 1 amide bonds. The number of fused-ring (bicyclic) bond motifs is 1. The monoisotopic (exact) mass is 429 g/mol. The number of carbonyl (C=O) groups is 1. The summed E-state index contributed by atoms with van der Waals surface area (Å²) in [6.45, 7) is 1.70. The van der Waals surface area contributed by atoms with Gasteiger partial charge in [-0.15, -0.1) is 0 Å². The molecule has 1 N–H and O–H groups in total. The number of nitrogens with zero attached hydrogens (tertiary/aromatic N) is 4. The van der Waals surface area contributed by atoms with Gasteiger partial charge < -0.3 is 10.2 Å². The number of hydrogen-bond acceptors (Lipinski definition) is 6. The van der Waals surface area contributed by atoms with Gasteiger partial charge in [0.1, 0.15) is 22.2 Å². The van der Waals surface area contributed by atoms with E-state index in [2.05, 4.69) is 15.3 Å². The molecule has 7 nitrogen and oxygen atoms in total. The van der Waals surface area contributed by atoms with Crippen molar-refractivity contribution in [2.45, 2.75) is 19.6 Å². The van der Waals surface area contributed by atoms with Gasteiger partial charge in [-0.05, 0) is 19.1 Å². The largest absolute Gasteiger partial charge is 0.427 e. The van der Waals surface area contributed by atoms with E-state index in [4.69, 9.17) is 0 Å². The molecular formula is C17H15F4N5O2S. The van der Waals surface area contributed by atoms with Gasteiger partial charge in [0, 0.05) is 19.7 Å². The molecule has 0 fully saturated rings. The van der Waals surface area contributed by atoms with Crippen molar-refractivity contribution in [3.63, 3.8) is 0 Å². The lowest BCUT2D eigenvalue weighted by Gasteiger charge is -2.17. The number of anilines is 1. The van der Waals surface area contributed by atoms with Gasteiger partial charge in [-0.25, -0.2) is 18.8 Å². The highest BCUT2D eigenvalue weighted by Crippen LogP contribution is 2.37. The first kappa shape index (κ1) is 20.7. The Bertz CT molecular complexity index is 1110. The molecule has 0 aromatic carbocycles. The summed E-state index contributed by atoms with van der Waals surface area (Å²) in [4.78, 5) is 32.8. The topological polar surface area (TPSA) is 79.6 Å². The van der Waals surface area contributed by atoms with Crippen molar-refractivity contribution < 1.29 is 22.4 Å². The highest BCUT2D eigenvalue weighted by atomic mass is 32.1. The summed E-state index contributed by atoms with van der Waals surface area (Å²) in [6.07, 6.45) is -3.80. The molecule has 3 heterocycles. The van der Waals surface area contributed by atoms with E-state index in [9.17, 15) is 27.2 Å². The Balaban J connectivity index is 2.06. The minimum absolute atomic E-state index is 0.0418. The summed E-state index contributed by atoms with van der Waals surface area (Å²) in [6, 6.07) is 3.68. The van der Waals surface area contributed by atoms with Crippen molar-refractivity contribution in [2.75, 3.05) is 18.5 Å². The Kier molecular flexibility index (Phi) is 5.55. The predicted octanol–water partition coefficient (Wildman–Crippen LogP) is 2.70. The molecule has 3 rings (SSSR count). The molecule has 154 valence electrons. The zero-order chi connectivity index (χ0) is 21.3. The third kappa shape index (κ3) is 4.21. The first-order chi connectivity index (χ1) is 13.6. The molecule has 0 spiro atoms. The quantitative estimate of drug-likeness (QED) is 0.631. The third-order valence-electron chi connectivity index (χ3n) is 3.88. The molecule has 0 bridgehead atoms. The van der Waals surface area contributed by atoms with Crippen LogP contribution < -0.4 is 15.8 Å². The molecule has 0 atom stereocenters. The molecule has 0 unspecified atom stereocenters. The van der Waals surface area contributed by atoms with Crippen molar-refractivity contribution in [2.24, 2.45) is 0 Å². The van der Waals surface area contributed by atoms with Crippen LogP contribution in [0.5, 0.6) is 0 Å². The molecule has 0 aliphatic heterocycles. The minimum atomic E-state index is -4.82. The van der Waals surface area contributed by atoms with Gasteiger partial charge in [0.25, 0.3) is 11.5 Å². The molecule has 29 heavy (non-hydrogen) atoms. The van der Waals surface area contributed by atoms with Crippen molar-refractivity contribution in [3.05, 3.63) is 56.8 Å². The second-order valence-corrected chi connectivity index (χ2v) is 7.01. The number of rotatable bonds is 5. The lowest BCUT2D eigenvalue weighted by atomic mass is 10.3. The maximum Gasteiger partial charge on any atom is 0.427 e. The number of alkyl halides is 3. The van der Waals surface area contributed by atoms with Crippen LogP contribution in [-0.4, -0.2) is 33.9 Å². The number of carbonyl (C=O) groups excluding carboxylic acids is 1. The predicted molar refractivity (Wildman–Crippen MR) is 98.7 cm³/mol. The molecule has 0 radical (unpaired) electrons. The third-order valence-corrected chi connectivity index (χ3v) is 4.97.